The van der Waals surface area contributed by atoms with Crippen molar-refractivity contribution in [2.24, 2.45) is 0 Å². The minimum Gasteiger partial charge on any atom is -0.484 e. The molecule has 1 saturated heterocycles. The van der Waals surface area contributed by atoms with E-state index in [1.165, 1.54) is 17.7 Å². The van der Waals surface area contributed by atoms with Crippen molar-refractivity contribution in [3.05, 3.63) is 65.7 Å². The van der Waals surface area contributed by atoms with E-state index in [0.717, 1.165) is 44.6 Å². The number of piperidine rings is 1. The molecule has 0 aliphatic carbocycles. The average molecular weight is 392 g/mol. The summed E-state index contributed by atoms with van der Waals surface area (Å²) in [5, 5.41) is 2.91. The Hall–Kier alpha value is -2.54. The molecule has 4 nitrogen and oxygen atoms in total. The van der Waals surface area contributed by atoms with E-state index in [-0.39, 0.29) is 24.3 Å². The van der Waals surface area contributed by atoms with Crippen LogP contribution in [0, 0.1) is 0 Å². The fraction of sp³-hybridized carbons (Fsp3) is 0.381. The van der Waals surface area contributed by atoms with Crippen molar-refractivity contribution in [3.63, 3.8) is 0 Å². The summed E-state index contributed by atoms with van der Waals surface area (Å²) >= 11 is 0. The molecule has 3 rings (SSSR count). The van der Waals surface area contributed by atoms with E-state index < -0.39 is 11.7 Å². The Morgan fingerprint density at radius 3 is 2.46 bits per heavy atom. The Morgan fingerprint density at radius 1 is 1.07 bits per heavy atom. The van der Waals surface area contributed by atoms with E-state index >= 15 is 0 Å². The largest absolute Gasteiger partial charge is 0.484 e. The third-order valence-electron chi connectivity index (χ3n) is 4.73. The van der Waals surface area contributed by atoms with Crippen LogP contribution in [0.3, 0.4) is 0 Å². The molecule has 1 amide bonds. The number of carbonyl (C=O) groups excluding carboxylic acids is 1. The number of nitrogens with zero attached hydrogens (tertiary/aromatic N) is 1. The highest BCUT2D eigenvalue weighted by atomic mass is 19.4. The normalized spacial score (nSPS) is 16.0. The second-order valence-corrected chi connectivity index (χ2v) is 6.92. The monoisotopic (exact) mass is 392 g/mol. The van der Waals surface area contributed by atoms with Gasteiger partial charge in [-0.15, -0.1) is 0 Å². The van der Waals surface area contributed by atoms with Gasteiger partial charge >= 0.3 is 6.18 Å². The molecular weight excluding hydrogens is 369 g/mol. The number of benzene rings is 2. The molecule has 0 saturated carbocycles. The lowest BCUT2D eigenvalue weighted by Crippen LogP contribution is -2.45. The molecule has 7 heteroatoms. The number of halogens is 3. The topological polar surface area (TPSA) is 41.6 Å². The summed E-state index contributed by atoms with van der Waals surface area (Å²) in [6.45, 7) is 2.36. The molecule has 0 spiro atoms. The third kappa shape index (κ3) is 5.99. The number of amides is 1. The third-order valence-corrected chi connectivity index (χ3v) is 4.73. The van der Waals surface area contributed by atoms with Gasteiger partial charge in [0.05, 0.1) is 5.56 Å². The van der Waals surface area contributed by atoms with Crippen molar-refractivity contribution in [1.29, 1.82) is 0 Å². The maximum atomic E-state index is 12.7. The van der Waals surface area contributed by atoms with E-state index in [1.54, 1.807) is 0 Å². The van der Waals surface area contributed by atoms with Crippen LogP contribution in [0.4, 0.5) is 13.2 Å². The number of rotatable bonds is 6. The van der Waals surface area contributed by atoms with Crippen LogP contribution in [0.5, 0.6) is 5.75 Å². The predicted octanol–water partition coefficient (Wildman–Crippen LogP) is 3.87. The lowest BCUT2D eigenvalue weighted by Gasteiger charge is -2.32. The minimum absolute atomic E-state index is 0.0302. The average Bonchev–Trinajstić information content (AvgIpc) is 2.68. The van der Waals surface area contributed by atoms with E-state index in [9.17, 15) is 18.0 Å². The zero-order chi connectivity index (χ0) is 20.0. The number of alkyl halides is 3. The summed E-state index contributed by atoms with van der Waals surface area (Å²) in [6.07, 6.45) is -2.76. The van der Waals surface area contributed by atoms with Gasteiger partial charge in [-0.25, -0.2) is 0 Å². The van der Waals surface area contributed by atoms with Crippen LogP contribution in [-0.2, 0) is 17.5 Å². The molecule has 0 aromatic heterocycles. The highest BCUT2D eigenvalue weighted by Gasteiger charge is 2.30. The quantitative estimate of drug-likeness (QED) is 0.812. The predicted molar refractivity (Wildman–Crippen MR) is 99.8 cm³/mol. The van der Waals surface area contributed by atoms with Gasteiger partial charge < -0.3 is 10.1 Å². The Labute approximate surface area is 162 Å². The molecule has 28 heavy (non-hydrogen) atoms. The van der Waals surface area contributed by atoms with Crippen molar-refractivity contribution in [2.45, 2.75) is 31.6 Å². The van der Waals surface area contributed by atoms with Gasteiger partial charge in [0.2, 0.25) is 0 Å². The van der Waals surface area contributed by atoms with Crippen molar-refractivity contribution < 1.29 is 22.7 Å². The molecule has 0 unspecified atom stereocenters. The molecule has 2 aromatic carbocycles. The lowest BCUT2D eigenvalue weighted by molar-refractivity contribution is -0.137. The van der Waals surface area contributed by atoms with Crippen molar-refractivity contribution in [1.82, 2.24) is 10.2 Å². The smallest absolute Gasteiger partial charge is 0.416 e. The number of hydrogen-bond acceptors (Lipinski definition) is 3. The fourth-order valence-corrected chi connectivity index (χ4v) is 3.26. The van der Waals surface area contributed by atoms with Crippen molar-refractivity contribution in [2.75, 3.05) is 19.7 Å². The van der Waals surface area contributed by atoms with Gasteiger partial charge in [-0.05, 0) is 36.6 Å². The highest BCUT2D eigenvalue weighted by molar-refractivity contribution is 5.77. The van der Waals surface area contributed by atoms with E-state index in [0.29, 0.717) is 0 Å². The number of ether oxygens (including phenoxy) is 1. The Balaban J connectivity index is 1.40. The van der Waals surface area contributed by atoms with Gasteiger partial charge in [-0.2, -0.15) is 13.2 Å². The Morgan fingerprint density at radius 2 is 1.79 bits per heavy atom. The van der Waals surface area contributed by atoms with Crippen molar-refractivity contribution >= 4 is 5.91 Å². The number of nitrogens with one attached hydrogen (secondary N) is 1. The van der Waals surface area contributed by atoms with Crippen LogP contribution >= 0.6 is 0 Å². The standard InChI is InChI=1S/C21H23F3N2O2/c22-21(23,24)17-7-4-8-19(13-17)28-15-20(27)25-18-9-11-26(12-10-18)14-16-5-2-1-3-6-16/h1-8,13,18H,9-12,14-15H2,(H,25,27). The van der Waals surface area contributed by atoms with Crippen LogP contribution in [-0.4, -0.2) is 36.5 Å². The van der Waals surface area contributed by atoms with Gasteiger partial charge in [0.15, 0.2) is 6.61 Å². The minimum atomic E-state index is -4.44. The van der Waals surface area contributed by atoms with Gasteiger partial charge in [0, 0.05) is 25.7 Å². The summed E-state index contributed by atoms with van der Waals surface area (Å²) in [7, 11) is 0. The first kappa shape index (κ1) is 20.2. The summed E-state index contributed by atoms with van der Waals surface area (Å²) in [5.41, 5.74) is 0.468. The maximum absolute atomic E-state index is 12.7. The molecule has 0 radical (unpaired) electrons. The summed E-state index contributed by atoms with van der Waals surface area (Å²) in [5.74, 6) is -0.290. The fourth-order valence-electron chi connectivity index (χ4n) is 3.26. The molecule has 150 valence electrons. The van der Waals surface area contributed by atoms with E-state index in [2.05, 4.69) is 22.3 Å². The van der Waals surface area contributed by atoms with Crippen LogP contribution in [0.2, 0.25) is 0 Å². The number of likely N-dealkylation sites (tertiary alicyclic amines) is 1. The second-order valence-electron chi connectivity index (χ2n) is 6.92. The molecule has 1 fully saturated rings. The first-order chi connectivity index (χ1) is 13.4. The second kappa shape index (κ2) is 9.10. The molecule has 2 aromatic rings. The molecule has 0 atom stereocenters. The number of carbonyl (C=O) groups is 1. The molecule has 1 aliphatic rings. The Kier molecular flexibility index (Phi) is 6.57. The lowest BCUT2D eigenvalue weighted by atomic mass is 10.0. The Bertz CT molecular complexity index is 773. The van der Waals surface area contributed by atoms with Crippen LogP contribution < -0.4 is 10.1 Å². The molecule has 0 bridgehead atoms. The van der Waals surface area contributed by atoms with Gasteiger partial charge in [-0.3, -0.25) is 9.69 Å². The first-order valence-corrected chi connectivity index (χ1v) is 9.26. The molecular formula is C21H23F3N2O2. The van der Waals surface area contributed by atoms with Crippen LogP contribution in [0.1, 0.15) is 24.0 Å². The maximum Gasteiger partial charge on any atom is 0.416 e. The van der Waals surface area contributed by atoms with Gasteiger partial charge in [0.1, 0.15) is 5.75 Å². The van der Waals surface area contributed by atoms with Crippen LogP contribution in [0.15, 0.2) is 54.6 Å². The highest BCUT2D eigenvalue weighted by Crippen LogP contribution is 2.31. The SMILES string of the molecule is O=C(COc1cccc(C(F)(F)F)c1)NC1CCN(Cc2ccccc2)CC1. The van der Waals surface area contributed by atoms with E-state index in [4.69, 9.17) is 4.74 Å². The zero-order valence-electron chi connectivity index (χ0n) is 15.4. The zero-order valence-corrected chi connectivity index (χ0v) is 15.4. The summed E-state index contributed by atoms with van der Waals surface area (Å²) < 4.78 is 43.3. The molecule has 1 aliphatic heterocycles. The van der Waals surface area contributed by atoms with Crippen molar-refractivity contribution in [3.8, 4) is 5.75 Å². The van der Waals surface area contributed by atoms with E-state index in [1.807, 2.05) is 18.2 Å². The molecule has 1 N–H and O–H groups in total. The van der Waals surface area contributed by atoms with Gasteiger partial charge in [-0.1, -0.05) is 36.4 Å². The first-order valence-electron chi connectivity index (χ1n) is 9.26. The molecule has 1 heterocycles. The summed E-state index contributed by atoms with van der Waals surface area (Å²) in [6, 6.07) is 14.8. The number of hydrogen-bond donors (Lipinski definition) is 1. The van der Waals surface area contributed by atoms with Gasteiger partial charge in [0.25, 0.3) is 5.91 Å². The van der Waals surface area contributed by atoms with Crippen LogP contribution in [0.25, 0.3) is 0 Å². The summed E-state index contributed by atoms with van der Waals surface area (Å²) in [4.78, 5) is 14.4.